The van der Waals surface area contributed by atoms with Crippen molar-refractivity contribution in [3.05, 3.63) is 150 Å². The summed E-state index contributed by atoms with van der Waals surface area (Å²) in [5.41, 5.74) is 5.74. The zero-order valence-corrected chi connectivity index (χ0v) is 24.8. The number of nitrogens with zero attached hydrogens (tertiary/aromatic N) is 1. The summed E-state index contributed by atoms with van der Waals surface area (Å²) in [6.45, 7) is 0.752. The number of anilines is 2. The minimum absolute atomic E-state index is 0.370. The second-order valence-corrected chi connectivity index (χ2v) is 12.5. The molecule has 0 aliphatic carbocycles. The predicted molar refractivity (Wildman–Crippen MR) is 162 cm³/mol. The van der Waals surface area contributed by atoms with E-state index in [1.807, 2.05) is 42.5 Å². The quantitative estimate of drug-likeness (QED) is 0.145. The molecule has 2 nitrogen and oxygen atoms in total. The van der Waals surface area contributed by atoms with Gasteiger partial charge < -0.3 is 10.0 Å². The van der Waals surface area contributed by atoms with Crippen LogP contribution in [0.15, 0.2) is 133 Å². The van der Waals surface area contributed by atoms with Gasteiger partial charge in [-0.25, -0.2) is 0 Å². The fourth-order valence-corrected chi connectivity index (χ4v) is 5.54. The third-order valence-corrected chi connectivity index (χ3v) is 7.54. The Bertz CT molecular complexity index is 1370. The Morgan fingerprint density at radius 1 is 0.579 bits per heavy atom. The van der Waals surface area contributed by atoms with Crippen molar-refractivity contribution in [1.29, 1.82) is 0 Å². The van der Waals surface area contributed by atoms with E-state index in [1.165, 1.54) is 16.4 Å². The number of phenolic OH excluding ortho intramolecular Hbond substituents is 1. The number of hydrogen-bond acceptors (Lipinski definition) is 2. The first-order valence-electron chi connectivity index (χ1n) is 12.2. The number of aromatic hydroxyl groups is 1. The molecule has 0 fully saturated rings. The molecule has 1 unspecified atom stereocenters. The summed E-state index contributed by atoms with van der Waals surface area (Å²) in [4.78, 5) is 2.34. The van der Waals surface area contributed by atoms with Crippen molar-refractivity contribution in [3.8, 4) is 5.75 Å². The number of rotatable bonds is 8. The third-order valence-electron chi connectivity index (χ3n) is 6.11. The SMILES string of the molecule is Oc1c(Cc2ccccc2)cccc1Pc1ccccc1CN(c1ccccc1)c1ccccc1.[Cl][Ti][Cl]. The Kier molecular flexibility index (Phi) is 11.3. The van der Waals surface area contributed by atoms with Gasteiger partial charge in [-0.05, 0) is 46.3 Å². The summed E-state index contributed by atoms with van der Waals surface area (Å²) in [7, 11) is 10.1. The Morgan fingerprint density at radius 2 is 1.05 bits per heavy atom. The number of benzene rings is 5. The van der Waals surface area contributed by atoms with E-state index in [9.17, 15) is 5.11 Å². The molecular formula is C32H28Cl2NOPTi. The second-order valence-electron chi connectivity index (χ2n) is 8.59. The van der Waals surface area contributed by atoms with Gasteiger partial charge in [-0.2, -0.15) is 0 Å². The van der Waals surface area contributed by atoms with Crippen LogP contribution in [0.1, 0.15) is 16.7 Å². The van der Waals surface area contributed by atoms with E-state index in [0.717, 1.165) is 35.2 Å². The van der Waals surface area contributed by atoms with Gasteiger partial charge in [0.1, 0.15) is 5.75 Å². The average Bonchev–Trinajstić information content (AvgIpc) is 2.96. The number of phenols is 1. The molecule has 38 heavy (non-hydrogen) atoms. The van der Waals surface area contributed by atoms with Gasteiger partial charge >= 0.3 is 35.6 Å². The van der Waals surface area contributed by atoms with E-state index in [2.05, 4.69) is 95.9 Å². The van der Waals surface area contributed by atoms with Crippen LogP contribution < -0.4 is 15.5 Å². The molecule has 190 valence electrons. The van der Waals surface area contributed by atoms with E-state index in [0.29, 0.717) is 14.3 Å². The minimum atomic E-state index is -0.556. The summed E-state index contributed by atoms with van der Waals surface area (Å²) in [5.74, 6) is 0.410. The first kappa shape index (κ1) is 28.4. The van der Waals surface area contributed by atoms with Gasteiger partial charge in [-0.15, -0.1) is 0 Å². The number of halogens is 2. The van der Waals surface area contributed by atoms with Crippen LogP contribution >= 0.6 is 27.2 Å². The Morgan fingerprint density at radius 3 is 1.66 bits per heavy atom. The van der Waals surface area contributed by atoms with Gasteiger partial charge in [-0.3, -0.25) is 0 Å². The molecule has 6 heteroatoms. The van der Waals surface area contributed by atoms with Crippen LogP contribution in [0.3, 0.4) is 0 Å². The Balaban J connectivity index is 0.00000107. The van der Waals surface area contributed by atoms with E-state index >= 15 is 0 Å². The van der Waals surface area contributed by atoms with Crippen molar-refractivity contribution in [2.24, 2.45) is 0 Å². The van der Waals surface area contributed by atoms with Crippen LogP contribution in [-0.4, -0.2) is 5.11 Å². The average molecular weight is 592 g/mol. The molecule has 0 spiro atoms. The first-order valence-corrected chi connectivity index (χ1v) is 17.5. The molecule has 0 bridgehead atoms. The number of para-hydroxylation sites is 3. The maximum absolute atomic E-state index is 11.1. The molecule has 1 N–H and O–H groups in total. The van der Waals surface area contributed by atoms with Crippen molar-refractivity contribution in [2.75, 3.05) is 4.90 Å². The van der Waals surface area contributed by atoms with E-state index in [4.69, 9.17) is 18.6 Å². The van der Waals surface area contributed by atoms with Gasteiger partial charge in [0.05, 0.1) is 0 Å². The van der Waals surface area contributed by atoms with Crippen molar-refractivity contribution >= 4 is 49.2 Å². The zero-order valence-electron chi connectivity index (χ0n) is 20.8. The molecule has 0 saturated heterocycles. The fraction of sp³-hybridized carbons (Fsp3) is 0.0625. The molecule has 5 aromatic carbocycles. The van der Waals surface area contributed by atoms with Crippen LogP contribution in [0.2, 0.25) is 0 Å². The predicted octanol–water partition coefficient (Wildman–Crippen LogP) is 8.33. The second kappa shape index (κ2) is 15.1. The standard InChI is InChI=1S/C32H28NOP.2ClH.Ti/c34-32-26(23-25-13-4-1-5-14-25)16-12-22-31(32)35-30-21-11-10-15-27(30)24-33(28-17-6-2-7-18-28)29-19-8-3-9-20-29;;;/h1-22,34-35H,23-24H2;2*1H;/q;;;+2/p-2. The summed E-state index contributed by atoms with van der Waals surface area (Å²) in [6.07, 6.45) is 0.725. The van der Waals surface area contributed by atoms with Crippen molar-refractivity contribution < 1.29 is 22.1 Å². The third kappa shape index (κ3) is 7.96. The van der Waals surface area contributed by atoms with Crippen molar-refractivity contribution in [2.45, 2.75) is 13.0 Å². The van der Waals surface area contributed by atoms with Crippen molar-refractivity contribution in [3.63, 3.8) is 0 Å². The monoisotopic (exact) mass is 591 g/mol. The van der Waals surface area contributed by atoms with Gasteiger partial charge in [0.15, 0.2) is 0 Å². The molecule has 0 aliphatic rings. The van der Waals surface area contributed by atoms with E-state index in [-0.39, 0.29) is 0 Å². The molecule has 0 saturated carbocycles. The molecule has 0 aromatic heterocycles. The fourth-order valence-electron chi connectivity index (χ4n) is 4.29. The molecule has 0 aliphatic heterocycles. The molecular weight excluding hydrogens is 564 g/mol. The van der Waals surface area contributed by atoms with E-state index in [1.54, 1.807) is 0 Å². The van der Waals surface area contributed by atoms with Gasteiger partial charge in [0, 0.05) is 29.6 Å². The summed E-state index contributed by atoms with van der Waals surface area (Å²) in [6, 6.07) is 46.0. The van der Waals surface area contributed by atoms with E-state index < -0.39 is 17.0 Å². The van der Waals surface area contributed by atoms with Gasteiger partial charge in [0.2, 0.25) is 0 Å². The van der Waals surface area contributed by atoms with Crippen LogP contribution in [0.4, 0.5) is 11.4 Å². The molecule has 5 aromatic rings. The van der Waals surface area contributed by atoms with Gasteiger partial charge in [-0.1, -0.05) is 118 Å². The molecule has 0 heterocycles. The van der Waals surface area contributed by atoms with Crippen molar-refractivity contribution in [1.82, 2.24) is 0 Å². The molecule has 1 atom stereocenters. The Hall–Kier alpha value is -2.58. The first-order chi connectivity index (χ1) is 18.7. The van der Waals surface area contributed by atoms with Crippen LogP contribution in [0.25, 0.3) is 0 Å². The van der Waals surface area contributed by atoms with Crippen LogP contribution in [0.5, 0.6) is 5.75 Å². The van der Waals surface area contributed by atoms with Gasteiger partial charge in [0.25, 0.3) is 0 Å². The van der Waals surface area contributed by atoms with Crippen LogP contribution in [0, 0.1) is 0 Å². The molecule has 5 rings (SSSR count). The molecule has 0 amide bonds. The maximum atomic E-state index is 11.1. The summed E-state index contributed by atoms with van der Waals surface area (Å²) >= 11 is -0.556. The Labute approximate surface area is 243 Å². The molecule has 0 radical (unpaired) electrons. The summed E-state index contributed by atoms with van der Waals surface area (Å²) in [5, 5.41) is 13.4. The van der Waals surface area contributed by atoms with Crippen LogP contribution in [-0.2, 0) is 30.0 Å². The summed E-state index contributed by atoms with van der Waals surface area (Å²) < 4.78 is 0. The number of hydrogen-bond donors (Lipinski definition) is 1. The normalized spacial score (nSPS) is 10.6. The zero-order chi connectivity index (χ0) is 26.6. The topological polar surface area (TPSA) is 23.5 Å².